The average Bonchev–Trinajstić information content (AvgIpc) is 3.07. The second-order valence-corrected chi connectivity index (χ2v) is 5.88. The summed E-state index contributed by atoms with van der Waals surface area (Å²) in [4.78, 5) is 35.2. The van der Waals surface area contributed by atoms with Crippen LogP contribution in [0.5, 0.6) is 0 Å². The first-order chi connectivity index (χ1) is 11.5. The van der Waals surface area contributed by atoms with Crippen molar-refractivity contribution in [3.8, 4) is 0 Å². The van der Waals surface area contributed by atoms with Crippen LogP contribution in [0.3, 0.4) is 0 Å². The van der Waals surface area contributed by atoms with E-state index in [-0.39, 0.29) is 18.2 Å². The Morgan fingerprint density at radius 3 is 2.46 bits per heavy atom. The standard InChI is InChI=1S/C16H16N4O3S/c1-10(19-20-16(23)13-3-2-8-24-13)9-14(21)18-12-6-4-11(5-7-12)15(17)22/h2-8H,9H2,1H3,(H2,17,22)(H,18,21)(H,20,23)/b19-10+. The van der Waals surface area contributed by atoms with Crippen LogP contribution in [0.25, 0.3) is 0 Å². The van der Waals surface area contributed by atoms with Gasteiger partial charge in [-0.25, -0.2) is 5.43 Å². The lowest BCUT2D eigenvalue weighted by atomic mass is 10.2. The van der Waals surface area contributed by atoms with Crippen LogP contribution in [-0.2, 0) is 4.79 Å². The number of nitrogens with two attached hydrogens (primary N) is 1. The van der Waals surface area contributed by atoms with Gasteiger partial charge in [-0.05, 0) is 42.6 Å². The van der Waals surface area contributed by atoms with Crippen LogP contribution in [0.15, 0.2) is 46.9 Å². The highest BCUT2D eigenvalue weighted by atomic mass is 32.1. The summed E-state index contributed by atoms with van der Waals surface area (Å²) in [5, 5.41) is 8.37. The molecule has 4 N–H and O–H groups in total. The largest absolute Gasteiger partial charge is 0.366 e. The minimum Gasteiger partial charge on any atom is -0.366 e. The van der Waals surface area contributed by atoms with Crippen LogP contribution in [-0.4, -0.2) is 23.4 Å². The van der Waals surface area contributed by atoms with Gasteiger partial charge in [0.2, 0.25) is 11.8 Å². The predicted molar refractivity (Wildman–Crippen MR) is 93.1 cm³/mol. The van der Waals surface area contributed by atoms with Crippen molar-refractivity contribution in [1.29, 1.82) is 0 Å². The second kappa shape index (κ2) is 8.02. The highest BCUT2D eigenvalue weighted by molar-refractivity contribution is 7.12. The zero-order valence-corrected chi connectivity index (χ0v) is 13.7. The highest BCUT2D eigenvalue weighted by Crippen LogP contribution is 2.10. The number of carbonyl (C=O) groups is 3. The summed E-state index contributed by atoms with van der Waals surface area (Å²) < 4.78 is 0. The molecule has 0 radical (unpaired) electrons. The molecule has 1 heterocycles. The van der Waals surface area contributed by atoms with Crippen molar-refractivity contribution in [2.24, 2.45) is 10.8 Å². The zero-order chi connectivity index (χ0) is 17.5. The quantitative estimate of drug-likeness (QED) is 0.550. The zero-order valence-electron chi connectivity index (χ0n) is 12.9. The Labute approximate surface area is 142 Å². The summed E-state index contributed by atoms with van der Waals surface area (Å²) >= 11 is 1.31. The van der Waals surface area contributed by atoms with Gasteiger partial charge in [-0.3, -0.25) is 14.4 Å². The molecule has 0 spiro atoms. The van der Waals surface area contributed by atoms with E-state index in [2.05, 4.69) is 15.8 Å². The van der Waals surface area contributed by atoms with Crippen LogP contribution >= 0.6 is 11.3 Å². The molecular weight excluding hydrogens is 328 g/mol. The molecule has 0 fully saturated rings. The number of amides is 3. The Kier molecular flexibility index (Phi) is 5.80. The first kappa shape index (κ1) is 17.4. The average molecular weight is 344 g/mol. The van der Waals surface area contributed by atoms with Crippen molar-refractivity contribution < 1.29 is 14.4 Å². The van der Waals surface area contributed by atoms with Crippen molar-refractivity contribution >= 4 is 40.5 Å². The molecular formula is C16H16N4O3S. The molecule has 0 aliphatic heterocycles. The smallest absolute Gasteiger partial charge is 0.281 e. The fourth-order valence-corrected chi connectivity index (χ4v) is 2.42. The van der Waals surface area contributed by atoms with Gasteiger partial charge in [0, 0.05) is 17.0 Å². The van der Waals surface area contributed by atoms with Gasteiger partial charge in [0.1, 0.15) is 0 Å². The number of nitrogens with zero attached hydrogens (tertiary/aromatic N) is 1. The molecule has 0 aliphatic rings. The third-order valence-electron chi connectivity index (χ3n) is 2.96. The third-order valence-corrected chi connectivity index (χ3v) is 3.83. The number of thiophene rings is 1. The van der Waals surface area contributed by atoms with E-state index in [9.17, 15) is 14.4 Å². The molecule has 0 saturated carbocycles. The summed E-state index contributed by atoms with van der Waals surface area (Å²) in [6.07, 6.45) is 0.0301. The van der Waals surface area contributed by atoms with Gasteiger partial charge >= 0.3 is 0 Å². The van der Waals surface area contributed by atoms with E-state index in [1.807, 2.05) is 0 Å². The van der Waals surface area contributed by atoms with Crippen LogP contribution < -0.4 is 16.5 Å². The summed E-state index contributed by atoms with van der Waals surface area (Å²) in [6.45, 7) is 1.64. The van der Waals surface area contributed by atoms with Gasteiger partial charge in [0.05, 0.1) is 11.3 Å². The number of nitrogens with one attached hydrogen (secondary N) is 2. The molecule has 1 aromatic heterocycles. The monoisotopic (exact) mass is 344 g/mol. The van der Waals surface area contributed by atoms with Crippen molar-refractivity contribution in [3.63, 3.8) is 0 Å². The van der Waals surface area contributed by atoms with E-state index < -0.39 is 5.91 Å². The minimum atomic E-state index is -0.530. The lowest BCUT2D eigenvalue weighted by Gasteiger charge is -2.06. The second-order valence-electron chi connectivity index (χ2n) is 4.93. The maximum absolute atomic E-state index is 11.9. The van der Waals surface area contributed by atoms with Crippen molar-refractivity contribution in [1.82, 2.24) is 5.43 Å². The van der Waals surface area contributed by atoms with Crippen LogP contribution in [0.1, 0.15) is 33.4 Å². The molecule has 3 amide bonds. The van der Waals surface area contributed by atoms with Crippen molar-refractivity contribution in [3.05, 3.63) is 52.2 Å². The fraction of sp³-hybridized carbons (Fsp3) is 0.125. The normalized spacial score (nSPS) is 11.0. The van der Waals surface area contributed by atoms with E-state index in [4.69, 9.17) is 5.73 Å². The third kappa shape index (κ3) is 5.03. The molecule has 0 unspecified atom stereocenters. The van der Waals surface area contributed by atoms with Crippen molar-refractivity contribution in [2.45, 2.75) is 13.3 Å². The number of hydrogen-bond acceptors (Lipinski definition) is 5. The molecule has 0 bridgehead atoms. The number of benzene rings is 1. The molecule has 0 atom stereocenters. The van der Waals surface area contributed by atoms with Gasteiger partial charge in [-0.1, -0.05) is 6.07 Å². The van der Waals surface area contributed by atoms with Gasteiger partial charge in [0.15, 0.2) is 0 Å². The molecule has 8 heteroatoms. The molecule has 1 aromatic carbocycles. The Morgan fingerprint density at radius 1 is 1.17 bits per heavy atom. The van der Waals surface area contributed by atoms with E-state index >= 15 is 0 Å². The Morgan fingerprint density at radius 2 is 1.88 bits per heavy atom. The van der Waals surface area contributed by atoms with Crippen LogP contribution in [0, 0.1) is 0 Å². The Bertz CT molecular complexity index is 767. The number of hydrazone groups is 1. The molecule has 7 nitrogen and oxygen atoms in total. The first-order valence-electron chi connectivity index (χ1n) is 7.02. The van der Waals surface area contributed by atoms with Gasteiger partial charge in [-0.2, -0.15) is 5.10 Å². The maximum Gasteiger partial charge on any atom is 0.281 e. The number of primary amides is 1. The fourth-order valence-electron chi connectivity index (χ4n) is 1.80. The van der Waals surface area contributed by atoms with E-state index in [0.717, 1.165) is 0 Å². The van der Waals surface area contributed by atoms with Gasteiger partial charge in [0.25, 0.3) is 5.91 Å². The van der Waals surface area contributed by atoms with Gasteiger partial charge < -0.3 is 11.1 Å². The topological polar surface area (TPSA) is 114 Å². The molecule has 2 aromatic rings. The van der Waals surface area contributed by atoms with E-state index in [0.29, 0.717) is 21.8 Å². The molecule has 0 aliphatic carbocycles. The van der Waals surface area contributed by atoms with Gasteiger partial charge in [-0.15, -0.1) is 11.3 Å². The molecule has 24 heavy (non-hydrogen) atoms. The summed E-state index contributed by atoms with van der Waals surface area (Å²) in [5.41, 5.74) is 8.92. The molecule has 2 rings (SSSR count). The van der Waals surface area contributed by atoms with Crippen LogP contribution in [0.2, 0.25) is 0 Å². The summed E-state index contributed by atoms with van der Waals surface area (Å²) in [5.74, 6) is -1.13. The predicted octanol–water partition coefficient (Wildman–Crippen LogP) is 1.98. The summed E-state index contributed by atoms with van der Waals surface area (Å²) in [7, 11) is 0. The van der Waals surface area contributed by atoms with E-state index in [1.165, 1.54) is 23.5 Å². The van der Waals surface area contributed by atoms with E-state index in [1.54, 1.807) is 36.6 Å². The minimum absolute atomic E-state index is 0.0301. The highest BCUT2D eigenvalue weighted by Gasteiger charge is 2.08. The first-order valence-corrected chi connectivity index (χ1v) is 7.90. The number of hydrogen-bond donors (Lipinski definition) is 3. The Hall–Kier alpha value is -3.00. The molecule has 0 saturated heterocycles. The lowest BCUT2D eigenvalue weighted by molar-refractivity contribution is -0.115. The van der Waals surface area contributed by atoms with Crippen LogP contribution in [0.4, 0.5) is 5.69 Å². The lowest BCUT2D eigenvalue weighted by Crippen LogP contribution is -2.20. The number of carbonyl (C=O) groups excluding carboxylic acids is 3. The number of rotatable bonds is 6. The molecule has 124 valence electrons. The number of anilines is 1. The maximum atomic E-state index is 11.9. The Balaban J connectivity index is 1.85. The SMILES string of the molecule is C/C(CC(=O)Nc1ccc(C(N)=O)cc1)=N\NC(=O)c1cccs1. The summed E-state index contributed by atoms with van der Waals surface area (Å²) in [6, 6.07) is 9.69. The van der Waals surface area contributed by atoms with Crippen molar-refractivity contribution in [2.75, 3.05) is 5.32 Å².